The van der Waals surface area contributed by atoms with E-state index in [1.807, 2.05) is 110 Å². The molecule has 3 aromatic carbocycles. The van der Waals surface area contributed by atoms with Gasteiger partial charge in [-0.05, 0) is 16.7 Å². The number of amidine groups is 1. The molecule has 0 spiro atoms. The Kier molecular flexibility index (Phi) is 9.44. The van der Waals surface area contributed by atoms with E-state index in [9.17, 15) is 4.79 Å². The molecule has 6 atom stereocenters. The van der Waals surface area contributed by atoms with Gasteiger partial charge in [-0.25, -0.2) is 0 Å². The molecule has 8 heteroatoms. The summed E-state index contributed by atoms with van der Waals surface area (Å²) in [6.45, 7) is 1.02. The van der Waals surface area contributed by atoms with Crippen LogP contribution in [-0.2, 0) is 43.6 Å². The van der Waals surface area contributed by atoms with Crippen molar-refractivity contribution in [1.29, 1.82) is 0 Å². The third kappa shape index (κ3) is 6.96. The van der Waals surface area contributed by atoms with Crippen LogP contribution in [0.3, 0.4) is 0 Å². The van der Waals surface area contributed by atoms with E-state index in [0.29, 0.717) is 13.2 Å². The molecular formula is C31H34N2O5S. The number of hydrogen-bond acceptors (Lipinski definition) is 8. The Morgan fingerprint density at radius 2 is 1.33 bits per heavy atom. The Morgan fingerprint density at radius 3 is 1.85 bits per heavy atom. The van der Waals surface area contributed by atoms with E-state index in [1.165, 1.54) is 11.8 Å². The zero-order chi connectivity index (χ0) is 27.0. The van der Waals surface area contributed by atoms with Crippen LogP contribution in [-0.4, -0.2) is 66.3 Å². The second kappa shape index (κ2) is 13.4. The number of thioether (sulfide) groups is 1. The lowest BCUT2D eigenvalue weighted by Gasteiger charge is -2.44. The minimum atomic E-state index is -0.848. The van der Waals surface area contributed by atoms with Crippen molar-refractivity contribution < 1.29 is 23.7 Å². The molecule has 2 aliphatic heterocycles. The standard InChI is InChI=1S/C31H34N2O5S/c1-33(2)31-32-26-28(36-20-23-14-8-4-9-15-23)29(37-21-24-16-10-5-11-17-24)27(38-30(26)39-31)25(18-34)35-19-22-12-6-3-7-13-22/h3-18,25-30H,19-21H2,1-2H3/t25-,26-,27+,28-,29-,30-/m1/s1. The average molecular weight is 547 g/mol. The van der Waals surface area contributed by atoms with Crippen LogP contribution in [0.25, 0.3) is 0 Å². The molecule has 1 saturated heterocycles. The van der Waals surface area contributed by atoms with E-state index in [0.717, 1.165) is 28.1 Å². The molecule has 2 heterocycles. The van der Waals surface area contributed by atoms with E-state index in [4.69, 9.17) is 23.9 Å². The van der Waals surface area contributed by atoms with E-state index in [2.05, 4.69) is 0 Å². The number of benzene rings is 3. The monoisotopic (exact) mass is 546 g/mol. The van der Waals surface area contributed by atoms with Crippen LogP contribution in [0.2, 0.25) is 0 Å². The van der Waals surface area contributed by atoms with Crippen LogP contribution in [0.5, 0.6) is 0 Å². The Balaban J connectivity index is 1.43. The molecule has 7 nitrogen and oxygen atoms in total. The summed E-state index contributed by atoms with van der Waals surface area (Å²) in [6, 6.07) is 29.5. The minimum absolute atomic E-state index is 0.283. The van der Waals surface area contributed by atoms with Gasteiger partial charge in [-0.1, -0.05) is 103 Å². The molecule has 204 valence electrons. The Labute approximate surface area is 234 Å². The molecule has 5 rings (SSSR count). The number of hydrogen-bond donors (Lipinski definition) is 0. The molecule has 1 fully saturated rings. The minimum Gasteiger partial charge on any atom is -0.368 e. The third-order valence-electron chi connectivity index (χ3n) is 6.73. The van der Waals surface area contributed by atoms with E-state index < -0.39 is 24.4 Å². The van der Waals surface area contributed by atoms with Gasteiger partial charge >= 0.3 is 0 Å². The number of nitrogens with zero attached hydrogens (tertiary/aromatic N) is 2. The topological polar surface area (TPSA) is 69.6 Å². The molecule has 0 unspecified atom stereocenters. The smallest absolute Gasteiger partial charge is 0.161 e. The maximum Gasteiger partial charge on any atom is 0.161 e. The second-order valence-corrected chi connectivity index (χ2v) is 10.9. The molecule has 2 aliphatic rings. The Bertz CT molecular complexity index is 1210. The van der Waals surface area contributed by atoms with Crippen molar-refractivity contribution in [3.8, 4) is 0 Å². The number of fused-ring (bicyclic) bond motifs is 1. The molecule has 0 N–H and O–H groups in total. The SMILES string of the molecule is CN(C)C1=N[C@@H]2[C@@H](OCc3ccccc3)[C@H](OCc3ccccc3)[C@H]([C@@H](C=O)OCc3ccccc3)O[C@@H]2S1. The second-order valence-electron chi connectivity index (χ2n) is 9.80. The molecule has 39 heavy (non-hydrogen) atoms. The highest BCUT2D eigenvalue weighted by Gasteiger charge is 2.53. The average Bonchev–Trinajstić information content (AvgIpc) is 3.41. The summed E-state index contributed by atoms with van der Waals surface area (Å²) in [5.41, 5.74) is 2.72. The normalized spacial score (nSPS) is 25.0. The van der Waals surface area contributed by atoms with Crippen molar-refractivity contribution in [2.75, 3.05) is 14.1 Å². The summed E-state index contributed by atoms with van der Waals surface area (Å²) < 4.78 is 25.8. The van der Waals surface area contributed by atoms with Gasteiger partial charge in [0.1, 0.15) is 35.9 Å². The predicted octanol–water partition coefficient (Wildman–Crippen LogP) is 4.70. The summed E-state index contributed by atoms with van der Waals surface area (Å²) in [6.07, 6.45) is -1.76. The van der Waals surface area contributed by atoms with Crippen LogP contribution < -0.4 is 0 Å². The summed E-state index contributed by atoms with van der Waals surface area (Å²) in [4.78, 5) is 19.4. The van der Waals surface area contributed by atoms with Gasteiger partial charge in [0.05, 0.1) is 19.8 Å². The molecule has 0 aliphatic carbocycles. The molecule has 0 radical (unpaired) electrons. The molecule has 3 aromatic rings. The van der Waals surface area contributed by atoms with Crippen molar-refractivity contribution in [3.05, 3.63) is 108 Å². The third-order valence-corrected chi connectivity index (χ3v) is 8.04. The van der Waals surface area contributed by atoms with Crippen molar-refractivity contribution in [2.24, 2.45) is 4.99 Å². The molecular weight excluding hydrogens is 512 g/mol. The fourth-order valence-electron chi connectivity index (χ4n) is 4.72. The Morgan fingerprint density at radius 1 is 0.821 bits per heavy atom. The van der Waals surface area contributed by atoms with Gasteiger partial charge in [-0.2, -0.15) is 0 Å². The highest BCUT2D eigenvalue weighted by molar-refractivity contribution is 8.14. The van der Waals surface area contributed by atoms with E-state index in [-0.39, 0.29) is 18.1 Å². The van der Waals surface area contributed by atoms with Gasteiger partial charge in [0, 0.05) is 14.1 Å². The first-order valence-corrected chi connectivity index (χ1v) is 14.0. The Hall–Kier alpha value is -3.01. The summed E-state index contributed by atoms with van der Waals surface area (Å²) in [5, 5.41) is 0.855. The lowest BCUT2D eigenvalue weighted by Crippen LogP contribution is -2.60. The summed E-state index contributed by atoms with van der Waals surface area (Å²) in [5.74, 6) is 0. The van der Waals surface area contributed by atoms with E-state index in [1.54, 1.807) is 0 Å². The maximum atomic E-state index is 12.5. The lowest BCUT2D eigenvalue weighted by atomic mass is 9.94. The van der Waals surface area contributed by atoms with Crippen LogP contribution >= 0.6 is 11.8 Å². The van der Waals surface area contributed by atoms with Gasteiger partial charge < -0.3 is 28.6 Å². The zero-order valence-electron chi connectivity index (χ0n) is 22.2. The highest BCUT2D eigenvalue weighted by Crippen LogP contribution is 2.41. The number of aldehydes is 1. The van der Waals surface area contributed by atoms with Gasteiger partial charge in [-0.3, -0.25) is 4.99 Å². The van der Waals surface area contributed by atoms with Crippen LogP contribution in [0.15, 0.2) is 96.0 Å². The number of rotatable bonds is 11. The summed E-state index contributed by atoms with van der Waals surface area (Å²) >= 11 is 1.54. The quantitative estimate of drug-likeness (QED) is 0.323. The number of carbonyl (C=O) groups excluding carboxylic acids is 1. The molecule has 0 bridgehead atoms. The number of aliphatic imine (C=N–C) groups is 1. The first kappa shape index (κ1) is 27.6. The van der Waals surface area contributed by atoms with E-state index >= 15 is 0 Å². The fraction of sp³-hybridized carbons (Fsp3) is 0.355. The van der Waals surface area contributed by atoms with Crippen molar-refractivity contribution in [1.82, 2.24) is 4.90 Å². The lowest BCUT2D eigenvalue weighted by molar-refractivity contribution is -0.224. The maximum absolute atomic E-state index is 12.5. The molecule has 0 aromatic heterocycles. The van der Waals surface area contributed by atoms with Crippen LogP contribution in [0.1, 0.15) is 16.7 Å². The first-order chi connectivity index (χ1) is 19.1. The van der Waals surface area contributed by atoms with Gasteiger partial charge in [0.25, 0.3) is 0 Å². The predicted molar refractivity (Wildman–Crippen MR) is 152 cm³/mol. The number of carbonyl (C=O) groups is 1. The molecule has 0 saturated carbocycles. The van der Waals surface area contributed by atoms with Gasteiger partial charge in [-0.15, -0.1) is 0 Å². The van der Waals surface area contributed by atoms with Crippen LogP contribution in [0, 0.1) is 0 Å². The van der Waals surface area contributed by atoms with Crippen molar-refractivity contribution >= 4 is 23.2 Å². The van der Waals surface area contributed by atoms with Crippen LogP contribution in [0.4, 0.5) is 0 Å². The van der Waals surface area contributed by atoms with Gasteiger partial charge in [0.2, 0.25) is 0 Å². The fourth-order valence-corrected chi connectivity index (χ4v) is 5.86. The van der Waals surface area contributed by atoms with Crippen molar-refractivity contribution in [2.45, 2.75) is 55.7 Å². The van der Waals surface area contributed by atoms with Crippen molar-refractivity contribution in [3.63, 3.8) is 0 Å². The number of ether oxygens (including phenoxy) is 4. The summed E-state index contributed by atoms with van der Waals surface area (Å²) in [7, 11) is 3.92. The largest absolute Gasteiger partial charge is 0.368 e. The molecule has 0 amide bonds. The van der Waals surface area contributed by atoms with Gasteiger partial charge in [0.15, 0.2) is 11.5 Å². The zero-order valence-corrected chi connectivity index (χ0v) is 23.0. The first-order valence-electron chi connectivity index (χ1n) is 13.1. The highest BCUT2D eigenvalue weighted by atomic mass is 32.2.